The second-order valence-electron chi connectivity index (χ2n) is 5.01. The summed E-state index contributed by atoms with van der Waals surface area (Å²) in [7, 11) is 1.76. The molecule has 0 aromatic heterocycles. The van der Waals surface area contributed by atoms with Crippen LogP contribution >= 0.6 is 0 Å². The molecular weight excluding hydrogens is 198 g/mol. The molecule has 0 radical (unpaired) electrons. The van der Waals surface area contributed by atoms with Gasteiger partial charge < -0.3 is 10.1 Å². The second-order valence-corrected chi connectivity index (χ2v) is 5.01. The van der Waals surface area contributed by atoms with E-state index in [0.717, 1.165) is 18.2 Å². The first-order chi connectivity index (χ1) is 7.61. The molecule has 1 heterocycles. The lowest BCUT2D eigenvalue weighted by atomic mass is 9.96. The van der Waals surface area contributed by atoms with Crippen LogP contribution < -0.4 is 10.1 Å². The fourth-order valence-corrected chi connectivity index (χ4v) is 2.67. The molecule has 2 atom stereocenters. The van der Waals surface area contributed by atoms with Gasteiger partial charge in [-0.05, 0) is 38.3 Å². The van der Waals surface area contributed by atoms with Gasteiger partial charge in [0.15, 0.2) is 0 Å². The first kappa shape index (κ1) is 11.5. The van der Waals surface area contributed by atoms with E-state index in [9.17, 15) is 0 Å². The van der Waals surface area contributed by atoms with Gasteiger partial charge in [0, 0.05) is 11.6 Å². The maximum Gasteiger partial charge on any atom is 0.126 e. The average Bonchev–Trinajstić information content (AvgIpc) is 2.63. The largest absolute Gasteiger partial charge is 0.496 e. The van der Waals surface area contributed by atoms with Gasteiger partial charge in [-0.2, -0.15) is 0 Å². The molecule has 0 bridgehead atoms. The predicted octanol–water partition coefficient (Wildman–Crippen LogP) is 2.98. The Morgan fingerprint density at radius 3 is 2.62 bits per heavy atom. The van der Waals surface area contributed by atoms with E-state index in [1.54, 1.807) is 7.11 Å². The summed E-state index contributed by atoms with van der Waals surface area (Å²) in [6.07, 6.45) is 1.21. The van der Waals surface area contributed by atoms with Gasteiger partial charge in [0.05, 0.1) is 7.11 Å². The number of rotatable bonds is 2. The molecule has 0 saturated carbocycles. The first-order valence-electron chi connectivity index (χ1n) is 6.00. The summed E-state index contributed by atoms with van der Waals surface area (Å²) in [5.41, 5.74) is 3.87. The Morgan fingerprint density at radius 1 is 1.31 bits per heavy atom. The minimum atomic E-state index is 0.462. The van der Waals surface area contributed by atoms with E-state index in [1.165, 1.54) is 23.1 Å². The zero-order valence-corrected chi connectivity index (χ0v) is 10.6. The molecule has 1 saturated heterocycles. The zero-order chi connectivity index (χ0) is 11.7. The van der Waals surface area contributed by atoms with Crippen molar-refractivity contribution in [3.63, 3.8) is 0 Å². The third-order valence-electron chi connectivity index (χ3n) is 3.38. The van der Waals surface area contributed by atoms with Crippen LogP contribution in [0.5, 0.6) is 5.75 Å². The van der Waals surface area contributed by atoms with E-state index in [1.807, 2.05) is 0 Å². The highest BCUT2D eigenvalue weighted by molar-refractivity contribution is 5.45. The summed E-state index contributed by atoms with van der Waals surface area (Å²) >= 11 is 0. The molecule has 1 aliphatic heterocycles. The van der Waals surface area contributed by atoms with Crippen molar-refractivity contribution in [3.8, 4) is 5.75 Å². The molecule has 1 aromatic carbocycles. The first-order valence-corrected chi connectivity index (χ1v) is 6.00. The molecule has 2 nitrogen and oxygen atoms in total. The Bertz CT molecular complexity index is 387. The van der Waals surface area contributed by atoms with Gasteiger partial charge >= 0.3 is 0 Å². The van der Waals surface area contributed by atoms with Crippen molar-refractivity contribution in [2.45, 2.75) is 33.2 Å². The van der Waals surface area contributed by atoms with Crippen LogP contribution in [0.3, 0.4) is 0 Å². The maximum absolute atomic E-state index is 5.54. The van der Waals surface area contributed by atoms with Crippen LogP contribution in [0.2, 0.25) is 0 Å². The lowest BCUT2D eigenvalue weighted by Crippen LogP contribution is -2.14. The number of methoxy groups -OCH3 is 1. The van der Waals surface area contributed by atoms with Crippen LogP contribution in [0.4, 0.5) is 0 Å². The minimum absolute atomic E-state index is 0.462. The van der Waals surface area contributed by atoms with Gasteiger partial charge in [-0.15, -0.1) is 0 Å². The van der Waals surface area contributed by atoms with Crippen molar-refractivity contribution in [1.82, 2.24) is 5.32 Å². The van der Waals surface area contributed by atoms with Gasteiger partial charge in [0.1, 0.15) is 5.75 Å². The third kappa shape index (κ3) is 2.07. The molecule has 88 valence electrons. The topological polar surface area (TPSA) is 21.3 Å². The Labute approximate surface area is 98.0 Å². The molecule has 1 aromatic rings. The summed E-state index contributed by atoms with van der Waals surface area (Å²) in [5, 5.41) is 3.57. The third-order valence-corrected chi connectivity index (χ3v) is 3.38. The monoisotopic (exact) mass is 219 g/mol. The molecule has 0 aliphatic carbocycles. The Balaban J connectivity index is 2.38. The number of ether oxygens (including phenoxy) is 1. The lowest BCUT2D eigenvalue weighted by molar-refractivity contribution is 0.399. The highest BCUT2D eigenvalue weighted by atomic mass is 16.5. The second kappa shape index (κ2) is 4.46. The average molecular weight is 219 g/mol. The van der Waals surface area contributed by atoms with Crippen molar-refractivity contribution >= 4 is 0 Å². The SMILES string of the molecule is COc1c(C)cc(C)cc1[C@@H]1C[C@@H](C)CN1. The summed E-state index contributed by atoms with van der Waals surface area (Å²) in [4.78, 5) is 0. The minimum Gasteiger partial charge on any atom is -0.496 e. The Hall–Kier alpha value is -1.02. The Morgan fingerprint density at radius 2 is 2.06 bits per heavy atom. The van der Waals surface area contributed by atoms with Gasteiger partial charge in [-0.1, -0.05) is 24.6 Å². The summed E-state index contributed by atoms with van der Waals surface area (Å²) in [6, 6.07) is 4.89. The van der Waals surface area contributed by atoms with Crippen LogP contribution in [-0.2, 0) is 0 Å². The van der Waals surface area contributed by atoms with Crippen LogP contribution in [0.1, 0.15) is 36.1 Å². The molecule has 2 heteroatoms. The van der Waals surface area contributed by atoms with Crippen molar-refractivity contribution in [2.24, 2.45) is 5.92 Å². The predicted molar refractivity (Wildman–Crippen MR) is 67.0 cm³/mol. The molecule has 2 rings (SSSR count). The molecular formula is C14H21NO. The number of aryl methyl sites for hydroxylation is 2. The lowest BCUT2D eigenvalue weighted by Gasteiger charge is -2.18. The van der Waals surface area contributed by atoms with Gasteiger partial charge in [-0.3, -0.25) is 0 Å². The van der Waals surface area contributed by atoms with Crippen molar-refractivity contribution in [1.29, 1.82) is 0 Å². The van der Waals surface area contributed by atoms with Gasteiger partial charge in [0.25, 0.3) is 0 Å². The standard InChI is InChI=1S/C14H21NO/c1-9-5-11(3)14(16-4)12(6-9)13-7-10(2)8-15-13/h5-6,10,13,15H,7-8H2,1-4H3/t10-,13+/m1/s1. The van der Waals surface area contributed by atoms with Crippen LogP contribution in [0.15, 0.2) is 12.1 Å². The number of benzene rings is 1. The number of hydrogen-bond acceptors (Lipinski definition) is 2. The summed E-state index contributed by atoms with van der Waals surface area (Å²) < 4.78 is 5.54. The van der Waals surface area contributed by atoms with E-state index < -0.39 is 0 Å². The molecule has 1 aliphatic rings. The van der Waals surface area contributed by atoms with E-state index in [-0.39, 0.29) is 0 Å². The molecule has 0 spiro atoms. The fraction of sp³-hybridized carbons (Fsp3) is 0.571. The Kier molecular flexibility index (Phi) is 3.20. The number of nitrogens with one attached hydrogen (secondary N) is 1. The summed E-state index contributed by atoms with van der Waals surface area (Å²) in [5.74, 6) is 1.81. The quantitative estimate of drug-likeness (QED) is 0.825. The smallest absolute Gasteiger partial charge is 0.126 e. The summed E-state index contributed by atoms with van der Waals surface area (Å²) in [6.45, 7) is 7.67. The van der Waals surface area contributed by atoms with Gasteiger partial charge in [-0.25, -0.2) is 0 Å². The highest BCUT2D eigenvalue weighted by Crippen LogP contribution is 2.35. The van der Waals surface area contributed by atoms with Crippen molar-refractivity contribution in [3.05, 3.63) is 28.8 Å². The van der Waals surface area contributed by atoms with Crippen molar-refractivity contribution in [2.75, 3.05) is 13.7 Å². The molecule has 16 heavy (non-hydrogen) atoms. The van der Waals surface area contributed by atoms with E-state index >= 15 is 0 Å². The van der Waals surface area contributed by atoms with Crippen LogP contribution in [-0.4, -0.2) is 13.7 Å². The van der Waals surface area contributed by atoms with Crippen molar-refractivity contribution < 1.29 is 4.74 Å². The van der Waals surface area contributed by atoms with Crippen LogP contribution in [0, 0.1) is 19.8 Å². The zero-order valence-electron chi connectivity index (χ0n) is 10.6. The molecule has 1 N–H and O–H groups in total. The van der Waals surface area contributed by atoms with E-state index in [2.05, 4.69) is 38.2 Å². The number of hydrogen-bond donors (Lipinski definition) is 1. The van der Waals surface area contributed by atoms with Gasteiger partial charge in [0.2, 0.25) is 0 Å². The maximum atomic E-state index is 5.54. The molecule has 1 fully saturated rings. The fourth-order valence-electron chi connectivity index (χ4n) is 2.67. The van der Waals surface area contributed by atoms with E-state index in [4.69, 9.17) is 4.74 Å². The molecule has 0 amide bonds. The molecule has 0 unspecified atom stereocenters. The van der Waals surface area contributed by atoms with Crippen LogP contribution in [0.25, 0.3) is 0 Å². The van der Waals surface area contributed by atoms with E-state index in [0.29, 0.717) is 6.04 Å². The highest BCUT2D eigenvalue weighted by Gasteiger charge is 2.25. The normalized spacial score (nSPS) is 24.8.